The van der Waals surface area contributed by atoms with Gasteiger partial charge in [0.1, 0.15) is 5.69 Å². The summed E-state index contributed by atoms with van der Waals surface area (Å²) in [6.07, 6.45) is -4.52. The van der Waals surface area contributed by atoms with E-state index in [2.05, 4.69) is 25.6 Å². The Bertz CT molecular complexity index is 1260. The largest absolute Gasteiger partial charge is 0.452 e. The lowest BCUT2D eigenvalue weighted by Crippen LogP contribution is -2.41. The van der Waals surface area contributed by atoms with Crippen molar-refractivity contribution in [3.8, 4) is 5.82 Å². The standard InChI is InChI=1S/C20H16ClF3N6O4/c1-10-5-6-11(17(31)27-28-19(33)34-2)13(8-10)26-18(32)14-9-15(20(22,23)24)29-30(14)16-12(21)4-3-7-25-16/h3-9H,1-2H3,(H,26,32)(H,27,31)(H,28,33). The minimum atomic E-state index is -4.85. The lowest BCUT2D eigenvalue weighted by molar-refractivity contribution is -0.141. The van der Waals surface area contributed by atoms with Crippen LogP contribution in [-0.2, 0) is 10.9 Å². The molecule has 14 heteroatoms. The van der Waals surface area contributed by atoms with Crippen molar-refractivity contribution in [2.75, 3.05) is 12.4 Å². The molecule has 0 fully saturated rings. The number of aryl methyl sites for hydroxylation is 1. The third kappa shape index (κ3) is 5.43. The van der Waals surface area contributed by atoms with Crippen LogP contribution in [0.4, 0.5) is 23.7 Å². The summed E-state index contributed by atoms with van der Waals surface area (Å²) in [5, 5.41) is 5.81. The molecule has 0 unspecified atom stereocenters. The van der Waals surface area contributed by atoms with Crippen LogP contribution < -0.4 is 16.2 Å². The Morgan fingerprint density at radius 2 is 1.82 bits per heavy atom. The van der Waals surface area contributed by atoms with Crippen LogP contribution in [0.3, 0.4) is 0 Å². The maximum atomic E-state index is 13.3. The molecule has 0 aliphatic carbocycles. The second kappa shape index (κ2) is 9.79. The number of amides is 3. The Kier molecular flexibility index (Phi) is 7.05. The van der Waals surface area contributed by atoms with Crippen molar-refractivity contribution in [2.24, 2.45) is 0 Å². The van der Waals surface area contributed by atoms with Crippen molar-refractivity contribution in [3.63, 3.8) is 0 Å². The molecule has 2 heterocycles. The number of ether oxygens (including phenoxy) is 1. The van der Waals surface area contributed by atoms with Gasteiger partial charge in [-0.2, -0.15) is 18.3 Å². The smallest absolute Gasteiger partial charge is 0.435 e. The average molecular weight is 497 g/mol. The van der Waals surface area contributed by atoms with Gasteiger partial charge in [0, 0.05) is 12.3 Å². The van der Waals surface area contributed by atoms with E-state index < -0.39 is 35.5 Å². The normalized spacial score (nSPS) is 11.0. The summed E-state index contributed by atoms with van der Waals surface area (Å²) in [5.41, 5.74) is 2.68. The van der Waals surface area contributed by atoms with Crippen LogP contribution >= 0.6 is 11.6 Å². The van der Waals surface area contributed by atoms with Gasteiger partial charge in [-0.3, -0.25) is 15.0 Å². The van der Waals surface area contributed by atoms with Crippen molar-refractivity contribution in [1.82, 2.24) is 25.6 Å². The second-order valence-corrected chi connectivity index (χ2v) is 7.11. The zero-order chi connectivity index (χ0) is 25.0. The molecule has 0 aliphatic rings. The van der Waals surface area contributed by atoms with Gasteiger partial charge in [-0.15, -0.1) is 0 Å². The highest BCUT2D eigenvalue weighted by atomic mass is 35.5. The van der Waals surface area contributed by atoms with E-state index in [1.165, 1.54) is 30.5 Å². The number of hydrazine groups is 1. The molecule has 2 aromatic heterocycles. The van der Waals surface area contributed by atoms with E-state index in [4.69, 9.17) is 11.6 Å². The first kappa shape index (κ1) is 24.5. The SMILES string of the molecule is COC(=O)NNC(=O)c1ccc(C)cc1NC(=O)c1cc(C(F)(F)F)nn1-c1ncccc1Cl. The van der Waals surface area contributed by atoms with E-state index in [-0.39, 0.29) is 22.1 Å². The molecular formula is C20H16ClF3N6O4. The van der Waals surface area contributed by atoms with Crippen LogP contribution in [0.2, 0.25) is 5.02 Å². The molecule has 0 saturated heterocycles. The number of methoxy groups -OCH3 is 1. The lowest BCUT2D eigenvalue weighted by Gasteiger charge is -2.13. The number of nitrogens with one attached hydrogen (secondary N) is 3. The quantitative estimate of drug-likeness (QED) is 0.474. The number of alkyl halides is 3. The minimum absolute atomic E-state index is 0.0393. The summed E-state index contributed by atoms with van der Waals surface area (Å²) in [6, 6.07) is 7.70. The number of carbonyl (C=O) groups excluding carboxylic acids is 3. The summed E-state index contributed by atoms with van der Waals surface area (Å²) >= 11 is 6.05. The zero-order valence-corrected chi connectivity index (χ0v) is 18.3. The molecule has 10 nitrogen and oxygen atoms in total. The molecule has 0 bridgehead atoms. The van der Waals surface area contributed by atoms with Gasteiger partial charge in [0.05, 0.1) is 23.4 Å². The van der Waals surface area contributed by atoms with Crippen LogP contribution in [-0.4, -0.2) is 39.8 Å². The first-order chi connectivity index (χ1) is 16.0. The number of halogens is 4. The Balaban J connectivity index is 2.00. The van der Waals surface area contributed by atoms with Crippen LogP contribution in [0.1, 0.15) is 32.1 Å². The van der Waals surface area contributed by atoms with Crippen molar-refractivity contribution in [1.29, 1.82) is 0 Å². The number of hydrogen-bond acceptors (Lipinski definition) is 6. The highest BCUT2D eigenvalue weighted by molar-refractivity contribution is 6.32. The molecule has 3 rings (SSSR count). The van der Waals surface area contributed by atoms with Crippen molar-refractivity contribution in [3.05, 3.63) is 70.1 Å². The predicted octanol–water partition coefficient (Wildman–Crippen LogP) is 3.50. The Hall–Kier alpha value is -4.13. The van der Waals surface area contributed by atoms with Crippen LogP contribution in [0.15, 0.2) is 42.6 Å². The Labute approximate surface area is 195 Å². The van der Waals surface area contributed by atoms with Crippen molar-refractivity contribution < 1.29 is 32.3 Å². The van der Waals surface area contributed by atoms with E-state index in [0.717, 1.165) is 7.11 Å². The predicted molar refractivity (Wildman–Crippen MR) is 114 cm³/mol. The molecule has 3 N–H and O–H groups in total. The number of anilines is 1. The Morgan fingerprint density at radius 3 is 2.47 bits per heavy atom. The minimum Gasteiger partial charge on any atom is -0.452 e. The molecule has 0 aliphatic heterocycles. The third-order valence-electron chi connectivity index (χ3n) is 4.30. The highest BCUT2D eigenvalue weighted by Crippen LogP contribution is 2.31. The van der Waals surface area contributed by atoms with Gasteiger partial charge in [-0.25, -0.2) is 19.9 Å². The lowest BCUT2D eigenvalue weighted by atomic mass is 10.1. The van der Waals surface area contributed by atoms with Crippen LogP contribution in [0, 0.1) is 6.92 Å². The molecule has 1 aromatic carbocycles. The molecule has 3 aromatic rings. The molecule has 3 amide bonds. The average Bonchev–Trinajstić information content (AvgIpc) is 3.23. The van der Waals surface area contributed by atoms with E-state index in [1.807, 2.05) is 5.43 Å². The van der Waals surface area contributed by atoms with Crippen LogP contribution in [0.5, 0.6) is 0 Å². The van der Waals surface area contributed by atoms with Gasteiger partial charge in [0.15, 0.2) is 11.5 Å². The fourth-order valence-electron chi connectivity index (χ4n) is 2.75. The van der Waals surface area contributed by atoms with Crippen molar-refractivity contribution in [2.45, 2.75) is 13.1 Å². The highest BCUT2D eigenvalue weighted by Gasteiger charge is 2.36. The number of aromatic nitrogens is 3. The summed E-state index contributed by atoms with van der Waals surface area (Å²) in [7, 11) is 1.09. The van der Waals surface area contributed by atoms with Crippen LogP contribution in [0.25, 0.3) is 5.82 Å². The molecule has 0 atom stereocenters. The van der Waals surface area contributed by atoms with Crippen molar-refractivity contribution >= 4 is 35.2 Å². The summed E-state index contributed by atoms with van der Waals surface area (Å²) in [4.78, 5) is 40.6. The summed E-state index contributed by atoms with van der Waals surface area (Å²) in [6.45, 7) is 1.67. The molecule has 0 radical (unpaired) electrons. The summed E-state index contributed by atoms with van der Waals surface area (Å²) < 4.78 is 45.0. The maximum absolute atomic E-state index is 13.3. The molecule has 0 saturated carbocycles. The summed E-state index contributed by atoms with van der Waals surface area (Å²) in [5.74, 6) is -2.04. The monoisotopic (exact) mass is 496 g/mol. The molecule has 34 heavy (non-hydrogen) atoms. The number of carbonyl (C=O) groups is 3. The van der Waals surface area contributed by atoms with Gasteiger partial charge in [0.2, 0.25) is 0 Å². The van der Waals surface area contributed by atoms with Gasteiger partial charge in [-0.05, 0) is 36.8 Å². The number of rotatable bonds is 4. The third-order valence-corrected chi connectivity index (χ3v) is 4.60. The molecule has 0 spiro atoms. The fourth-order valence-corrected chi connectivity index (χ4v) is 2.95. The second-order valence-electron chi connectivity index (χ2n) is 6.71. The van der Waals surface area contributed by atoms with E-state index in [0.29, 0.717) is 16.3 Å². The Morgan fingerprint density at radius 1 is 1.09 bits per heavy atom. The number of hydrogen-bond donors (Lipinski definition) is 3. The number of pyridine rings is 1. The topological polar surface area (TPSA) is 127 Å². The van der Waals surface area contributed by atoms with E-state index in [9.17, 15) is 27.6 Å². The van der Waals surface area contributed by atoms with E-state index in [1.54, 1.807) is 13.0 Å². The van der Waals surface area contributed by atoms with Gasteiger partial charge < -0.3 is 10.1 Å². The molecular weight excluding hydrogens is 481 g/mol. The zero-order valence-electron chi connectivity index (χ0n) is 17.5. The first-order valence-corrected chi connectivity index (χ1v) is 9.73. The van der Waals surface area contributed by atoms with Gasteiger partial charge in [-0.1, -0.05) is 17.7 Å². The van der Waals surface area contributed by atoms with Gasteiger partial charge in [0.25, 0.3) is 11.8 Å². The van der Waals surface area contributed by atoms with E-state index >= 15 is 0 Å². The fraction of sp³-hybridized carbons (Fsp3) is 0.150. The molecule has 178 valence electrons. The number of benzene rings is 1. The maximum Gasteiger partial charge on any atom is 0.435 e. The first-order valence-electron chi connectivity index (χ1n) is 9.35. The number of nitrogens with zero attached hydrogens (tertiary/aromatic N) is 3. The van der Waals surface area contributed by atoms with Gasteiger partial charge >= 0.3 is 12.3 Å².